The second kappa shape index (κ2) is 9.22. The molecule has 2 fully saturated rings. The summed E-state index contributed by atoms with van der Waals surface area (Å²) in [6, 6.07) is 0. The van der Waals surface area contributed by atoms with Crippen molar-refractivity contribution in [3.63, 3.8) is 0 Å². The first-order chi connectivity index (χ1) is 13.3. The molecule has 2 aliphatic carbocycles. The first kappa shape index (κ1) is 24.0. The van der Waals surface area contributed by atoms with Gasteiger partial charge in [0.05, 0.1) is 0 Å². The molecule has 0 heterocycles. The third-order valence-electron chi connectivity index (χ3n) is 7.55. The van der Waals surface area contributed by atoms with Crippen LogP contribution < -0.4 is 0 Å². The zero-order chi connectivity index (χ0) is 22.0. The zero-order valence-corrected chi connectivity index (χ0v) is 19.4. The summed E-state index contributed by atoms with van der Waals surface area (Å²) in [5, 5.41) is 9.09. The molecule has 4 nitrogen and oxygen atoms in total. The normalized spacial score (nSPS) is 32.5. The van der Waals surface area contributed by atoms with Crippen LogP contribution in [0.25, 0.3) is 0 Å². The van der Waals surface area contributed by atoms with Crippen molar-refractivity contribution in [1.29, 1.82) is 0 Å². The first-order valence-electron chi connectivity index (χ1n) is 11.4. The Labute approximate surface area is 177 Å². The lowest BCUT2D eigenvalue weighted by Gasteiger charge is -2.59. The van der Waals surface area contributed by atoms with Crippen molar-refractivity contribution in [2.75, 3.05) is 0 Å². The molecule has 2 rings (SSSR count). The van der Waals surface area contributed by atoms with E-state index in [0.717, 1.165) is 38.5 Å². The van der Waals surface area contributed by atoms with Gasteiger partial charge in [-0.15, -0.1) is 0 Å². The van der Waals surface area contributed by atoms with Gasteiger partial charge in [-0.3, -0.25) is 9.59 Å². The van der Waals surface area contributed by atoms with Crippen LogP contribution in [0.4, 0.5) is 0 Å². The van der Waals surface area contributed by atoms with Gasteiger partial charge in [0.25, 0.3) is 0 Å². The van der Waals surface area contributed by atoms with Crippen LogP contribution in [0.15, 0.2) is 12.2 Å². The van der Waals surface area contributed by atoms with Gasteiger partial charge >= 0.3 is 11.9 Å². The number of hydrogen-bond acceptors (Lipinski definition) is 3. The molecule has 5 unspecified atom stereocenters. The van der Waals surface area contributed by atoms with Gasteiger partial charge in [-0.2, -0.15) is 0 Å². The minimum Gasteiger partial charge on any atom is -0.481 e. The second-order valence-corrected chi connectivity index (χ2v) is 11.2. The Morgan fingerprint density at radius 1 is 1.17 bits per heavy atom. The van der Waals surface area contributed by atoms with E-state index in [1.165, 1.54) is 5.57 Å². The number of carbonyl (C=O) groups excluding carboxylic acids is 1. The third-order valence-corrected chi connectivity index (χ3v) is 7.55. The van der Waals surface area contributed by atoms with Crippen LogP contribution >= 0.6 is 0 Å². The van der Waals surface area contributed by atoms with Crippen molar-refractivity contribution >= 4 is 11.9 Å². The summed E-state index contributed by atoms with van der Waals surface area (Å²) in [6.45, 7) is 17.6. The van der Waals surface area contributed by atoms with Gasteiger partial charge in [0, 0.05) is 12.8 Å². The van der Waals surface area contributed by atoms with Gasteiger partial charge < -0.3 is 9.84 Å². The average Bonchev–Trinajstić information content (AvgIpc) is 2.50. The lowest BCUT2D eigenvalue weighted by atomic mass is 9.46. The number of carboxylic acid groups (broad SMARTS) is 1. The number of carboxylic acids is 1. The average molecular weight is 407 g/mol. The van der Waals surface area contributed by atoms with E-state index in [1.54, 1.807) is 0 Å². The van der Waals surface area contributed by atoms with Gasteiger partial charge in [0.2, 0.25) is 0 Å². The van der Waals surface area contributed by atoms with Gasteiger partial charge in [-0.25, -0.2) is 0 Å². The number of allylic oxidation sites excluding steroid dienone is 1. The molecule has 0 aromatic carbocycles. The molecule has 0 aromatic rings. The molecule has 4 heteroatoms. The monoisotopic (exact) mass is 406 g/mol. The van der Waals surface area contributed by atoms with Gasteiger partial charge in [0.1, 0.15) is 6.10 Å². The van der Waals surface area contributed by atoms with Crippen molar-refractivity contribution in [3.05, 3.63) is 12.2 Å². The van der Waals surface area contributed by atoms with E-state index in [9.17, 15) is 9.59 Å². The maximum absolute atomic E-state index is 12.4. The molecule has 0 aliphatic heterocycles. The van der Waals surface area contributed by atoms with E-state index in [0.29, 0.717) is 24.2 Å². The number of carbonyl (C=O) groups is 2. The third kappa shape index (κ3) is 5.86. The molecular weight excluding hydrogens is 364 g/mol. The van der Waals surface area contributed by atoms with E-state index in [1.807, 2.05) is 20.8 Å². The van der Waals surface area contributed by atoms with E-state index in [2.05, 4.69) is 27.4 Å². The molecule has 5 atom stereocenters. The predicted octanol–water partition coefficient (Wildman–Crippen LogP) is 6.24. The van der Waals surface area contributed by atoms with Crippen LogP contribution in [0, 0.1) is 34.5 Å². The smallest absolute Gasteiger partial charge is 0.306 e. The summed E-state index contributed by atoms with van der Waals surface area (Å²) in [4.78, 5) is 23.4. The summed E-state index contributed by atoms with van der Waals surface area (Å²) in [5.74, 6) is 0.605. The van der Waals surface area contributed by atoms with Crippen molar-refractivity contribution in [2.45, 2.75) is 99.0 Å². The molecule has 1 N–H and O–H groups in total. The zero-order valence-electron chi connectivity index (χ0n) is 19.4. The van der Waals surface area contributed by atoms with E-state index < -0.39 is 5.97 Å². The molecule has 0 spiro atoms. The Bertz CT molecular complexity index is 620. The van der Waals surface area contributed by atoms with E-state index in [4.69, 9.17) is 9.84 Å². The number of hydrogen-bond donors (Lipinski definition) is 1. The molecular formula is C25H42O4. The lowest BCUT2D eigenvalue weighted by Crippen LogP contribution is -2.53. The van der Waals surface area contributed by atoms with Crippen molar-refractivity contribution in [1.82, 2.24) is 0 Å². The SMILES string of the molecule is C=C1CCC2C(C)(C)CC(OC(=O)CC(C)C)CC2(C)C1CCC(C)CC(=O)O. The number of rotatable bonds is 8. The maximum Gasteiger partial charge on any atom is 0.306 e. The fourth-order valence-corrected chi connectivity index (χ4v) is 6.44. The minimum absolute atomic E-state index is 0.0395. The number of esters is 1. The molecule has 2 aliphatic rings. The van der Waals surface area contributed by atoms with Gasteiger partial charge in [-0.05, 0) is 73.0 Å². The van der Waals surface area contributed by atoms with Crippen LogP contribution in [0.2, 0.25) is 0 Å². The summed E-state index contributed by atoms with van der Waals surface area (Å²) in [5.41, 5.74) is 1.46. The summed E-state index contributed by atoms with van der Waals surface area (Å²) in [6.07, 6.45) is 6.55. The summed E-state index contributed by atoms with van der Waals surface area (Å²) >= 11 is 0. The maximum atomic E-state index is 12.4. The van der Waals surface area contributed by atoms with Crippen LogP contribution in [-0.2, 0) is 14.3 Å². The Hall–Kier alpha value is -1.32. The number of fused-ring (bicyclic) bond motifs is 1. The highest BCUT2D eigenvalue weighted by Crippen LogP contribution is 2.62. The molecule has 0 bridgehead atoms. The highest BCUT2D eigenvalue weighted by molar-refractivity contribution is 5.69. The van der Waals surface area contributed by atoms with Crippen molar-refractivity contribution in [3.8, 4) is 0 Å². The molecule has 166 valence electrons. The topological polar surface area (TPSA) is 63.6 Å². The predicted molar refractivity (Wildman–Crippen MR) is 116 cm³/mol. The van der Waals surface area contributed by atoms with E-state index >= 15 is 0 Å². The Kier molecular flexibility index (Phi) is 7.62. The van der Waals surface area contributed by atoms with Gasteiger partial charge in [-0.1, -0.05) is 53.7 Å². The molecule has 0 amide bonds. The van der Waals surface area contributed by atoms with E-state index in [-0.39, 0.29) is 35.2 Å². The number of aliphatic carboxylic acids is 1. The Morgan fingerprint density at radius 2 is 1.83 bits per heavy atom. The van der Waals surface area contributed by atoms with Crippen LogP contribution in [0.5, 0.6) is 0 Å². The molecule has 2 saturated carbocycles. The fraction of sp³-hybridized carbons (Fsp3) is 0.840. The molecule has 0 saturated heterocycles. The Morgan fingerprint density at radius 3 is 2.41 bits per heavy atom. The first-order valence-corrected chi connectivity index (χ1v) is 11.4. The van der Waals surface area contributed by atoms with Crippen molar-refractivity contribution in [2.24, 2.45) is 34.5 Å². The van der Waals surface area contributed by atoms with Crippen molar-refractivity contribution < 1.29 is 19.4 Å². The molecule has 29 heavy (non-hydrogen) atoms. The van der Waals surface area contributed by atoms with Crippen LogP contribution in [0.3, 0.4) is 0 Å². The quantitative estimate of drug-likeness (QED) is 0.382. The highest BCUT2D eigenvalue weighted by Gasteiger charge is 2.55. The van der Waals surface area contributed by atoms with Crippen LogP contribution in [0.1, 0.15) is 92.9 Å². The molecule has 0 radical (unpaired) electrons. The second-order valence-electron chi connectivity index (χ2n) is 11.2. The summed E-state index contributed by atoms with van der Waals surface area (Å²) < 4.78 is 5.97. The Balaban J connectivity index is 2.18. The van der Waals surface area contributed by atoms with Gasteiger partial charge in [0.15, 0.2) is 0 Å². The summed E-state index contributed by atoms with van der Waals surface area (Å²) in [7, 11) is 0. The van der Waals surface area contributed by atoms with Crippen LogP contribution in [-0.4, -0.2) is 23.1 Å². The number of ether oxygens (including phenoxy) is 1. The fourth-order valence-electron chi connectivity index (χ4n) is 6.44. The standard InChI is InChI=1S/C25H42O4/c1-16(2)12-23(28)29-19-14-24(5,6)21-11-9-18(4)20(25(21,7)15-19)10-8-17(3)13-22(26)27/h16-17,19-21H,4,8-15H2,1-3,5-7H3,(H,26,27). The molecule has 0 aromatic heterocycles. The largest absolute Gasteiger partial charge is 0.481 e. The highest BCUT2D eigenvalue weighted by atomic mass is 16.5. The lowest BCUT2D eigenvalue weighted by molar-refractivity contribution is -0.166. The minimum atomic E-state index is -0.722.